The lowest BCUT2D eigenvalue weighted by atomic mass is 10.3. The summed E-state index contributed by atoms with van der Waals surface area (Å²) in [6.07, 6.45) is 3.96. The fraction of sp³-hybridized carbons (Fsp3) is 0.700. The summed E-state index contributed by atoms with van der Waals surface area (Å²) < 4.78 is 28.5. The molecular formula is C10H18N4O2S. The van der Waals surface area contributed by atoms with E-state index in [9.17, 15) is 8.42 Å². The number of aryl methyl sites for hydroxylation is 2. The van der Waals surface area contributed by atoms with Crippen LogP contribution in [0.2, 0.25) is 0 Å². The molecule has 7 heteroatoms. The van der Waals surface area contributed by atoms with Crippen molar-refractivity contribution in [2.24, 2.45) is 7.05 Å². The first kappa shape index (κ1) is 12.4. The van der Waals surface area contributed by atoms with E-state index in [4.69, 9.17) is 5.73 Å². The van der Waals surface area contributed by atoms with Gasteiger partial charge in [0.25, 0.3) is 0 Å². The van der Waals surface area contributed by atoms with Gasteiger partial charge in [-0.15, -0.1) is 0 Å². The molecular weight excluding hydrogens is 240 g/mol. The molecule has 1 aromatic heterocycles. The Balaban J connectivity index is 2.30. The Hall–Kier alpha value is -1.08. The summed E-state index contributed by atoms with van der Waals surface area (Å²) in [6.45, 7) is 1.65. The highest BCUT2D eigenvalue weighted by Gasteiger charge is 2.28. The van der Waals surface area contributed by atoms with Crippen molar-refractivity contribution in [1.29, 1.82) is 0 Å². The monoisotopic (exact) mass is 258 g/mol. The largest absolute Gasteiger partial charge is 0.383 e. The average Bonchev–Trinajstić information content (AvgIpc) is 2.76. The molecule has 0 atom stereocenters. The molecule has 1 saturated carbocycles. The zero-order valence-corrected chi connectivity index (χ0v) is 10.9. The van der Waals surface area contributed by atoms with E-state index < -0.39 is 10.0 Å². The maximum absolute atomic E-state index is 12.2. The predicted octanol–water partition coefficient (Wildman–Crippen LogP) is 0.532. The summed E-state index contributed by atoms with van der Waals surface area (Å²) in [5.74, 6) is 0.188. The van der Waals surface area contributed by atoms with E-state index >= 15 is 0 Å². The predicted molar refractivity (Wildman–Crippen MR) is 64.9 cm³/mol. The van der Waals surface area contributed by atoms with Crippen molar-refractivity contribution < 1.29 is 8.42 Å². The third-order valence-electron chi connectivity index (χ3n) is 3.16. The van der Waals surface area contributed by atoms with E-state index in [-0.39, 0.29) is 16.8 Å². The minimum Gasteiger partial charge on any atom is -0.383 e. The number of anilines is 1. The molecule has 17 heavy (non-hydrogen) atoms. The van der Waals surface area contributed by atoms with Crippen LogP contribution in [0.25, 0.3) is 0 Å². The number of aromatic nitrogens is 2. The third-order valence-corrected chi connectivity index (χ3v) is 4.84. The Bertz CT molecular complexity index is 515. The van der Waals surface area contributed by atoms with Crippen molar-refractivity contribution in [3.05, 3.63) is 5.69 Å². The van der Waals surface area contributed by atoms with Crippen LogP contribution in [0.3, 0.4) is 0 Å². The maximum atomic E-state index is 12.2. The van der Waals surface area contributed by atoms with Gasteiger partial charge in [0.1, 0.15) is 10.7 Å². The number of sulfonamides is 1. The smallest absolute Gasteiger partial charge is 0.246 e. The highest BCUT2D eigenvalue weighted by Crippen LogP contribution is 2.24. The van der Waals surface area contributed by atoms with Crippen molar-refractivity contribution in [1.82, 2.24) is 14.5 Å². The van der Waals surface area contributed by atoms with Crippen molar-refractivity contribution >= 4 is 15.8 Å². The minimum atomic E-state index is -3.54. The van der Waals surface area contributed by atoms with Crippen molar-refractivity contribution in [3.8, 4) is 0 Å². The number of nitrogens with two attached hydrogens (primary N) is 1. The molecule has 1 aliphatic carbocycles. The van der Waals surface area contributed by atoms with E-state index in [0.29, 0.717) is 5.69 Å². The van der Waals surface area contributed by atoms with Gasteiger partial charge in [-0.05, 0) is 19.8 Å². The van der Waals surface area contributed by atoms with Crippen molar-refractivity contribution in [3.63, 3.8) is 0 Å². The molecule has 1 aromatic rings. The zero-order valence-electron chi connectivity index (χ0n) is 10.1. The van der Waals surface area contributed by atoms with Gasteiger partial charge >= 0.3 is 0 Å². The van der Waals surface area contributed by atoms with Crippen LogP contribution in [0.1, 0.15) is 31.4 Å². The molecule has 0 bridgehead atoms. The van der Waals surface area contributed by atoms with Gasteiger partial charge in [0.2, 0.25) is 10.0 Å². The molecule has 3 N–H and O–H groups in total. The SMILES string of the molecule is Cc1nn(C)c(N)c1S(=O)(=O)NC1CCCC1. The first-order valence-corrected chi connectivity index (χ1v) is 7.21. The van der Waals surface area contributed by atoms with Crippen LogP contribution in [0.5, 0.6) is 0 Å². The number of hydrogen-bond donors (Lipinski definition) is 2. The van der Waals surface area contributed by atoms with E-state index in [1.807, 2.05) is 0 Å². The van der Waals surface area contributed by atoms with E-state index in [1.54, 1.807) is 14.0 Å². The maximum Gasteiger partial charge on any atom is 0.246 e. The first-order chi connectivity index (χ1) is 7.92. The highest BCUT2D eigenvalue weighted by atomic mass is 32.2. The van der Waals surface area contributed by atoms with Crippen molar-refractivity contribution in [2.45, 2.75) is 43.5 Å². The van der Waals surface area contributed by atoms with Gasteiger partial charge in [0, 0.05) is 13.1 Å². The molecule has 96 valence electrons. The van der Waals surface area contributed by atoms with E-state index in [0.717, 1.165) is 25.7 Å². The summed E-state index contributed by atoms with van der Waals surface area (Å²) in [5.41, 5.74) is 6.19. The van der Waals surface area contributed by atoms with Gasteiger partial charge in [-0.25, -0.2) is 13.1 Å². The summed E-state index contributed by atoms with van der Waals surface area (Å²) in [4.78, 5) is 0.117. The van der Waals surface area contributed by atoms with Gasteiger partial charge in [-0.2, -0.15) is 5.10 Å². The summed E-state index contributed by atoms with van der Waals surface area (Å²) in [7, 11) is -1.91. The van der Waals surface area contributed by atoms with Gasteiger partial charge < -0.3 is 5.73 Å². The minimum absolute atomic E-state index is 0.0407. The molecule has 0 radical (unpaired) electrons. The van der Waals surface area contributed by atoms with Crippen LogP contribution in [0, 0.1) is 6.92 Å². The standard InChI is InChI=1S/C10H18N4O2S/c1-7-9(10(11)14(2)12-7)17(15,16)13-8-5-3-4-6-8/h8,13H,3-6,11H2,1-2H3. The van der Waals surface area contributed by atoms with E-state index in [1.165, 1.54) is 4.68 Å². The second kappa shape index (κ2) is 4.30. The lowest BCUT2D eigenvalue weighted by Crippen LogP contribution is -2.33. The Morgan fingerprint density at radius 1 is 1.41 bits per heavy atom. The molecule has 1 aliphatic rings. The molecule has 0 saturated heterocycles. The fourth-order valence-corrected chi connectivity index (χ4v) is 3.94. The molecule has 0 aliphatic heterocycles. The molecule has 1 heterocycles. The number of nitrogen functional groups attached to an aromatic ring is 1. The second-order valence-corrected chi connectivity index (χ2v) is 6.18. The second-order valence-electron chi connectivity index (χ2n) is 4.53. The number of nitrogens with one attached hydrogen (secondary N) is 1. The zero-order chi connectivity index (χ0) is 12.6. The molecule has 0 aromatic carbocycles. The Morgan fingerprint density at radius 2 is 2.00 bits per heavy atom. The number of rotatable bonds is 3. The van der Waals surface area contributed by atoms with Crippen LogP contribution in [0.4, 0.5) is 5.82 Å². The van der Waals surface area contributed by atoms with Crippen LogP contribution in [0.15, 0.2) is 4.90 Å². The molecule has 0 spiro atoms. The van der Waals surface area contributed by atoms with Gasteiger partial charge in [0.05, 0.1) is 5.69 Å². The van der Waals surface area contributed by atoms with Crippen LogP contribution >= 0.6 is 0 Å². The Kier molecular flexibility index (Phi) is 3.13. The summed E-state index contributed by atoms with van der Waals surface area (Å²) in [6, 6.07) is 0.0407. The van der Waals surface area contributed by atoms with Crippen LogP contribution in [-0.4, -0.2) is 24.2 Å². The average molecular weight is 258 g/mol. The summed E-state index contributed by atoms with van der Waals surface area (Å²) in [5, 5.41) is 4.02. The fourth-order valence-electron chi connectivity index (χ4n) is 2.31. The number of hydrogen-bond acceptors (Lipinski definition) is 4. The van der Waals surface area contributed by atoms with Gasteiger partial charge in [-0.1, -0.05) is 12.8 Å². The Labute approximate surface area is 101 Å². The first-order valence-electron chi connectivity index (χ1n) is 5.73. The quantitative estimate of drug-likeness (QED) is 0.827. The molecule has 6 nitrogen and oxygen atoms in total. The highest BCUT2D eigenvalue weighted by molar-refractivity contribution is 7.89. The number of nitrogens with zero attached hydrogens (tertiary/aromatic N) is 2. The van der Waals surface area contributed by atoms with Crippen molar-refractivity contribution in [2.75, 3.05) is 5.73 Å². The Morgan fingerprint density at radius 3 is 2.47 bits per heavy atom. The molecule has 0 amide bonds. The molecule has 1 fully saturated rings. The van der Waals surface area contributed by atoms with E-state index in [2.05, 4.69) is 9.82 Å². The lowest BCUT2D eigenvalue weighted by molar-refractivity contribution is 0.552. The molecule has 2 rings (SSSR count). The third kappa shape index (κ3) is 2.30. The van der Waals surface area contributed by atoms with Crippen LogP contribution in [-0.2, 0) is 17.1 Å². The normalized spacial score (nSPS) is 17.8. The van der Waals surface area contributed by atoms with Gasteiger partial charge in [-0.3, -0.25) is 4.68 Å². The lowest BCUT2D eigenvalue weighted by Gasteiger charge is -2.12. The summed E-state index contributed by atoms with van der Waals surface area (Å²) >= 11 is 0. The molecule has 0 unspecified atom stereocenters. The topological polar surface area (TPSA) is 90.0 Å². The van der Waals surface area contributed by atoms with Gasteiger partial charge in [0.15, 0.2) is 0 Å². The van der Waals surface area contributed by atoms with Crippen LogP contribution < -0.4 is 10.5 Å².